The number of nitrogens with one attached hydrogen (secondary N) is 3. The summed E-state index contributed by atoms with van der Waals surface area (Å²) in [6.45, 7) is 2.59. The third-order valence-corrected chi connectivity index (χ3v) is 11.8. The maximum atomic E-state index is 13.6. The summed E-state index contributed by atoms with van der Waals surface area (Å²) in [6, 6.07) is 19.7. The van der Waals surface area contributed by atoms with Gasteiger partial charge in [-0.2, -0.15) is 18.2 Å². The Labute approximate surface area is 332 Å². The molecule has 5 aromatic rings. The summed E-state index contributed by atoms with van der Waals surface area (Å²) in [5, 5.41) is 14.9. The van der Waals surface area contributed by atoms with E-state index in [1.54, 1.807) is 24.3 Å². The zero-order chi connectivity index (χ0) is 40.6. The van der Waals surface area contributed by atoms with Crippen LogP contribution in [0.15, 0.2) is 82.7 Å². The second-order valence-electron chi connectivity index (χ2n) is 14.3. The van der Waals surface area contributed by atoms with Crippen molar-refractivity contribution in [1.82, 2.24) is 35.6 Å². The Morgan fingerprint density at radius 1 is 0.948 bits per heavy atom. The third kappa shape index (κ3) is 7.59. The van der Waals surface area contributed by atoms with E-state index in [9.17, 15) is 37.1 Å². The first-order chi connectivity index (χ1) is 27.9. The maximum Gasteiger partial charge on any atom is 0.471 e. The van der Waals surface area contributed by atoms with Crippen molar-refractivity contribution in [2.45, 2.75) is 43.3 Å². The highest BCUT2D eigenvalue weighted by molar-refractivity contribution is 7.10. The number of carbonyl (C=O) groups is 5. The molecule has 18 heteroatoms. The highest BCUT2D eigenvalue weighted by atomic mass is 32.1. The van der Waals surface area contributed by atoms with Crippen LogP contribution in [0, 0.1) is 0 Å². The van der Waals surface area contributed by atoms with Crippen LogP contribution < -0.4 is 16.0 Å². The molecule has 1 atom stereocenters. The van der Waals surface area contributed by atoms with Crippen molar-refractivity contribution in [1.29, 1.82) is 0 Å². The molecule has 14 nitrogen and oxygen atoms in total. The number of hydrogen-bond donors (Lipinski definition) is 3. The lowest BCUT2D eigenvalue weighted by atomic mass is 9.78. The monoisotopic (exact) mass is 812 g/mol. The number of imide groups is 2. The Bertz CT molecular complexity index is 2410. The van der Waals surface area contributed by atoms with Crippen molar-refractivity contribution in [3.05, 3.63) is 106 Å². The molecule has 1 unspecified atom stereocenters. The summed E-state index contributed by atoms with van der Waals surface area (Å²) in [5.41, 5.74) is 2.52. The smallest absolute Gasteiger partial charge is 0.383 e. The van der Waals surface area contributed by atoms with Crippen LogP contribution in [0.25, 0.3) is 22.6 Å². The number of likely N-dealkylation sites (tertiary alicyclic amines) is 1. The first-order valence-corrected chi connectivity index (χ1v) is 19.4. The van der Waals surface area contributed by atoms with Gasteiger partial charge in [-0.15, -0.1) is 11.3 Å². The number of carbonyl (C=O) groups excluding carboxylic acids is 5. The molecule has 0 saturated carbocycles. The second kappa shape index (κ2) is 15.6. The molecule has 0 spiro atoms. The quantitative estimate of drug-likeness (QED) is 0.150. The summed E-state index contributed by atoms with van der Waals surface area (Å²) >= 11 is 1.52. The van der Waals surface area contributed by atoms with E-state index in [2.05, 4.69) is 35.5 Å². The Morgan fingerprint density at radius 3 is 2.45 bits per heavy atom. The van der Waals surface area contributed by atoms with E-state index in [-0.39, 0.29) is 47.5 Å². The van der Waals surface area contributed by atoms with Crippen LogP contribution in [0.2, 0.25) is 0 Å². The largest absolute Gasteiger partial charge is 0.471 e. The van der Waals surface area contributed by atoms with Gasteiger partial charge in [0, 0.05) is 59.2 Å². The average molecular weight is 813 g/mol. The standard InChI is InChI=1S/C40H35F3N8O6S/c41-40(42,43)37-48-32(49-57-37)24-8-4-9-25(20-24)33(53)45-22-39(38-46-28(21-58-38)23-6-2-1-3-7-23)14-17-50(18-15-39)19-16-44-27-11-5-10-26-31(27)36(56)51(35(26)55)29-12-13-30(52)47-34(29)54/h1-11,20-21,29,44H,12-19,22H2,(H,45,53)(H,47,52,54). The van der Waals surface area contributed by atoms with Crippen LogP contribution in [0.3, 0.4) is 0 Å². The van der Waals surface area contributed by atoms with Crippen LogP contribution in [0.4, 0.5) is 18.9 Å². The molecule has 2 aromatic heterocycles. The first-order valence-electron chi connectivity index (χ1n) is 18.5. The molecule has 58 heavy (non-hydrogen) atoms. The van der Waals surface area contributed by atoms with Crippen molar-refractivity contribution in [3.8, 4) is 22.6 Å². The number of halogens is 3. The predicted octanol–water partition coefficient (Wildman–Crippen LogP) is 5.16. The van der Waals surface area contributed by atoms with E-state index < -0.39 is 53.1 Å². The van der Waals surface area contributed by atoms with E-state index in [4.69, 9.17) is 4.98 Å². The molecule has 3 aliphatic rings. The number of amides is 5. The van der Waals surface area contributed by atoms with Crippen molar-refractivity contribution in [2.24, 2.45) is 0 Å². The summed E-state index contributed by atoms with van der Waals surface area (Å²) in [4.78, 5) is 76.3. The Balaban J connectivity index is 0.941. The van der Waals surface area contributed by atoms with Gasteiger partial charge < -0.3 is 20.1 Å². The molecule has 0 radical (unpaired) electrons. The SMILES string of the molecule is O=C1CCC(N2C(=O)c3cccc(NCCN4CCC(CNC(=O)c5cccc(-c6noc(C(F)(F)F)n6)c5)(c5nc(-c6ccccc6)cs5)CC4)c3C2=O)C(=O)N1. The predicted molar refractivity (Wildman–Crippen MR) is 204 cm³/mol. The van der Waals surface area contributed by atoms with Crippen LogP contribution >= 0.6 is 11.3 Å². The molecule has 5 amide bonds. The molecule has 3 aromatic carbocycles. The minimum atomic E-state index is -4.80. The fourth-order valence-corrected chi connectivity index (χ4v) is 8.64. The van der Waals surface area contributed by atoms with E-state index in [1.165, 1.54) is 29.5 Å². The molecule has 2 saturated heterocycles. The molecule has 8 rings (SSSR count). The number of piperidine rings is 2. The molecule has 0 aliphatic carbocycles. The molecular formula is C40H35F3N8O6S. The Kier molecular flexibility index (Phi) is 10.4. The lowest BCUT2D eigenvalue weighted by molar-refractivity contribution is -0.159. The Hall–Kier alpha value is -6.27. The van der Waals surface area contributed by atoms with Gasteiger partial charge in [0.05, 0.1) is 16.8 Å². The van der Waals surface area contributed by atoms with E-state index in [1.807, 2.05) is 35.7 Å². The number of hydrogen-bond acceptors (Lipinski definition) is 12. The van der Waals surface area contributed by atoms with E-state index in [0.717, 1.165) is 21.2 Å². The van der Waals surface area contributed by atoms with Gasteiger partial charge in [-0.25, -0.2) is 4.98 Å². The fourth-order valence-electron chi connectivity index (χ4n) is 7.55. The van der Waals surface area contributed by atoms with Crippen molar-refractivity contribution in [3.63, 3.8) is 0 Å². The number of aromatic nitrogens is 3. The maximum absolute atomic E-state index is 13.6. The van der Waals surface area contributed by atoms with E-state index >= 15 is 0 Å². The van der Waals surface area contributed by atoms with Crippen LogP contribution in [0.5, 0.6) is 0 Å². The van der Waals surface area contributed by atoms with Gasteiger partial charge in [0.15, 0.2) is 0 Å². The number of anilines is 1. The van der Waals surface area contributed by atoms with Crippen LogP contribution in [-0.4, -0.2) is 93.2 Å². The van der Waals surface area contributed by atoms with Crippen LogP contribution in [-0.2, 0) is 21.2 Å². The van der Waals surface area contributed by atoms with Gasteiger partial charge in [-0.05, 0) is 56.6 Å². The molecule has 5 heterocycles. The van der Waals surface area contributed by atoms with Gasteiger partial charge in [-0.1, -0.05) is 53.7 Å². The highest BCUT2D eigenvalue weighted by Crippen LogP contribution is 2.39. The topological polar surface area (TPSA) is 180 Å². The van der Waals surface area contributed by atoms with Gasteiger partial charge in [0.25, 0.3) is 17.7 Å². The molecule has 3 N–H and O–H groups in total. The summed E-state index contributed by atoms with van der Waals surface area (Å²) in [7, 11) is 0. The zero-order valence-electron chi connectivity index (χ0n) is 30.7. The Morgan fingerprint density at radius 2 is 1.71 bits per heavy atom. The van der Waals surface area contributed by atoms with E-state index in [0.29, 0.717) is 44.7 Å². The van der Waals surface area contributed by atoms with Crippen molar-refractivity contribution >= 4 is 46.6 Å². The normalized spacial score (nSPS) is 18.3. The van der Waals surface area contributed by atoms with Gasteiger partial charge >= 0.3 is 12.1 Å². The highest BCUT2D eigenvalue weighted by Gasteiger charge is 2.46. The molecular weight excluding hydrogens is 778 g/mol. The first kappa shape index (κ1) is 38.6. The minimum absolute atomic E-state index is 0.0310. The second-order valence-corrected chi connectivity index (χ2v) is 15.2. The number of rotatable bonds is 11. The number of alkyl halides is 3. The lowest BCUT2D eigenvalue weighted by Crippen LogP contribution is -2.54. The molecule has 2 fully saturated rings. The van der Waals surface area contributed by atoms with Gasteiger partial charge in [0.1, 0.15) is 11.0 Å². The number of nitrogens with zero attached hydrogens (tertiary/aromatic N) is 5. The van der Waals surface area contributed by atoms with Crippen molar-refractivity contribution < 1.29 is 41.7 Å². The summed E-state index contributed by atoms with van der Waals surface area (Å²) in [5.74, 6) is -4.46. The number of fused-ring (bicyclic) bond motifs is 1. The summed E-state index contributed by atoms with van der Waals surface area (Å²) < 4.78 is 43.6. The van der Waals surface area contributed by atoms with Gasteiger partial charge in [-0.3, -0.25) is 34.2 Å². The fraction of sp³-hybridized carbons (Fsp3) is 0.300. The summed E-state index contributed by atoms with van der Waals surface area (Å²) in [6.07, 6.45) is -3.41. The minimum Gasteiger partial charge on any atom is -0.383 e. The van der Waals surface area contributed by atoms with Gasteiger partial charge in [0.2, 0.25) is 17.6 Å². The molecule has 0 bridgehead atoms. The zero-order valence-corrected chi connectivity index (χ0v) is 31.5. The molecule has 298 valence electrons. The number of benzene rings is 3. The molecule has 3 aliphatic heterocycles. The lowest BCUT2D eigenvalue weighted by Gasteiger charge is -2.40. The van der Waals surface area contributed by atoms with Crippen molar-refractivity contribution in [2.75, 3.05) is 38.0 Å². The van der Waals surface area contributed by atoms with Crippen LogP contribution in [0.1, 0.15) is 67.7 Å². The number of thiazole rings is 1. The average Bonchev–Trinajstić information content (AvgIpc) is 3.98. The third-order valence-electron chi connectivity index (χ3n) is 10.7.